The molecule has 1 heterocycles. The van der Waals surface area contributed by atoms with Gasteiger partial charge in [-0.2, -0.15) is 0 Å². The number of unbranched alkanes of at least 4 members (excludes halogenated alkanes) is 1. The number of hydrogen-bond acceptors (Lipinski definition) is 5. The largest absolute Gasteiger partial charge is 0.271 e. The lowest BCUT2D eigenvalue weighted by Crippen LogP contribution is -2.51. The molecule has 35 heavy (non-hydrogen) atoms. The third-order valence-electron chi connectivity index (χ3n) is 6.04. The summed E-state index contributed by atoms with van der Waals surface area (Å²) in [7, 11) is -4.33. The Hall–Kier alpha value is -3.78. The maximum Gasteiger partial charge on any atom is 0.270 e. The van der Waals surface area contributed by atoms with E-state index in [-0.39, 0.29) is 21.7 Å². The van der Waals surface area contributed by atoms with Gasteiger partial charge in [-0.25, -0.2) is 12.7 Å². The molecule has 0 bridgehead atoms. The fourth-order valence-electron chi connectivity index (χ4n) is 4.10. The van der Waals surface area contributed by atoms with Crippen molar-refractivity contribution in [3.8, 4) is 0 Å². The lowest BCUT2D eigenvalue weighted by molar-refractivity contribution is -0.120. The van der Waals surface area contributed by atoms with Gasteiger partial charge in [0.05, 0.1) is 21.7 Å². The first-order valence-electron chi connectivity index (χ1n) is 11.5. The number of sulfonamides is 1. The first-order valence-corrected chi connectivity index (χ1v) is 12.9. The first-order chi connectivity index (χ1) is 16.8. The van der Waals surface area contributed by atoms with E-state index in [0.717, 1.165) is 29.7 Å². The number of rotatable bonds is 8. The quantitative estimate of drug-likeness (QED) is 0.436. The van der Waals surface area contributed by atoms with Crippen LogP contribution >= 0.6 is 0 Å². The summed E-state index contributed by atoms with van der Waals surface area (Å²) < 4.78 is 28.0. The van der Waals surface area contributed by atoms with E-state index in [4.69, 9.17) is 0 Å². The molecule has 0 aliphatic carbocycles. The predicted octanol–water partition coefficient (Wildman–Crippen LogP) is 4.44. The summed E-state index contributed by atoms with van der Waals surface area (Å²) >= 11 is 0. The average molecular weight is 491 g/mol. The maximum absolute atomic E-state index is 13.8. The predicted molar refractivity (Wildman–Crippen MR) is 133 cm³/mol. The fourth-order valence-corrected chi connectivity index (χ4v) is 5.60. The second-order valence-electron chi connectivity index (χ2n) is 8.39. The van der Waals surface area contributed by atoms with Gasteiger partial charge in [-0.3, -0.25) is 19.3 Å². The normalized spacial score (nSPS) is 14.1. The van der Waals surface area contributed by atoms with Crippen LogP contribution < -0.4 is 4.31 Å². The summed E-state index contributed by atoms with van der Waals surface area (Å²) in [4.78, 5) is 40.4. The van der Waals surface area contributed by atoms with E-state index >= 15 is 0 Å². The Balaban J connectivity index is 1.74. The monoisotopic (exact) mass is 490 g/mol. The van der Waals surface area contributed by atoms with Crippen molar-refractivity contribution in [2.75, 3.05) is 4.31 Å². The lowest BCUT2D eigenvalue weighted by Gasteiger charge is -2.29. The number of anilines is 1. The van der Waals surface area contributed by atoms with Gasteiger partial charge in [0.1, 0.15) is 6.04 Å². The van der Waals surface area contributed by atoms with E-state index in [1.165, 1.54) is 31.2 Å². The number of benzene rings is 3. The second kappa shape index (κ2) is 9.84. The molecule has 1 atom stereocenters. The van der Waals surface area contributed by atoms with Gasteiger partial charge in [-0.15, -0.1) is 0 Å². The molecule has 0 saturated heterocycles. The van der Waals surface area contributed by atoms with Crippen molar-refractivity contribution in [2.24, 2.45) is 0 Å². The molecule has 7 nitrogen and oxygen atoms in total. The zero-order chi connectivity index (χ0) is 25.2. The fraction of sp³-hybridized carbons (Fsp3) is 0.222. The van der Waals surface area contributed by atoms with Crippen molar-refractivity contribution < 1.29 is 22.8 Å². The number of hydrogen-bond donors (Lipinski definition) is 0. The van der Waals surface area contributed by atoms with E-state index < -0.39 is 33.8 Å². The van der Waals surface area contributed by atoms with Crippen LogP contribution in [0.2, 0.25) is 0 Å². The molecule has 8 heteroatoms. The number of nitrogens with zero attached hydrogens (tertiary/aromatic N) is 2. The molecule has 3 amide bonds. The SMILES string of the molecule is CCCCc1ccc(N(C(=O)C(C)N2C(=O)c3ccccc3C2=O)S(=O)(=O)c2ccccc2)cc1. The van der Waals surface area contributed by atoms with Gasteiger partial charge < -0.3 is 0 Å². The van der Waals surface area contributed by atoms with E-state index in [9.17, 15) is 22.8 Å². The first kappa shape index (κ1) is 24.3. The third-order valence-corrected chi connectivity index (χ3v) is 7.78. The van der Waals surface area contributed by atoms with Crippen LogP contribution in [0, 0.1) is 0 Å². The van der Waals surface area contributed by atoms with E-state index in [1.807, 2.05) is 0 Å². The van der Waals surface area contributed by atoms with Gasteiger partial charge in [0.15, 0.2) is 0 Å². The van der Waals surface area contributed by atoms with Crippen molar-refractivity contribution >= 4 is 33.4 Å². The Kier molecular flexibility index (Phi) is 6.84. The van der Waals surface area contributed by atoms with Crippen LogP contribution in [0.3, 0.4) is 0 Å². The summed E-state index contributed by atoms with van der Waals surface area (Å²) in [6, 6.07) is 19.3. The molecule has 0 fully saturated rings. The van der Waals surface area contributed by atoms with Gasteiger partial charge in [-0.1, -0.05) is 55.8 Å². The number of fused-ring (bicyclic) bond motifs is 1. The van der Waals surface area contributed by atoms with Crippen LogP contribution in [-0.2, 0) is 21.2 Å². The molecule has 0 saturated carbocycles. The molecule has 0 spiro atoms. The van der Waals surface area contributed by atoms with Crippen LogP contribution in [0.15, 0.2) is 83.8 Å². The highest BCUT2D eigenvalue weighted by Crippen LogP contribution is 2.29. The Morgan fingerprint density at radius 3 is 1.94 bits per heavy atom. The van der Waals surface area contributed by atoms with Crippen molar-refractivity contribution in [1.82, 2.24) is 4.90 Å². The highest BCUT2D eigenvalue weighted by atomic mass is 32.2. The minimum Gasteiger partial charge on any atom is -0.271 e. The summed E-state index contributed by atoms with van der Waals surface area (Å²) in [5.74, 6) is -2.15. The molecule has 1 aliphatic heterocycles. The Labute approximate surface area is 205 Å². The Morgan fingerprint density at radius 2 is 1.40 bits per heavy atom. The maximum atomic E-state index is 13.8. The topological polar surface area (TPSA) is 91.8 Å². The van der Waals surface area contributed by atoms with Crippen molar-refractivity contribution in [3.63, 3.8) is 0 Å². The molecule has 1 aliphatic rings. The molecule has 0 aromatic heterocycles. The average Bonchev–Trinajstić information content (AvgIpc) is 3.13. The molecule has 4 rings (SSSR count). The van der Waals surface area contributed by atoms with Crippen LogP contribution in [-0.4, -0.2) is 37.1 Å². The van der Waals surface area contributed by atoms with Crippen LogP contribution in [0.1, 0.15) is 53.0 Å². The van der Waals surface area contributed by atoms with E-state index in [0.29, 0.717) is 4.31 Å². The van der Waals surface area contributed by atoms with Crippen LogP contribution in [0.25, 0.3) is 0 Å². The van der Waals surface area contributed by atoms with Crippen LogP contribution in [0.4, 0.5) is 5.69 Å². The zero-order valence-electron chi connectivity index (χ0n) is 19.5. The minimum absolute atomic E-state index is 0.0713. The standard InChI is InChI=1S/C27H26N2O5S/c1-3-4-10-20-15-17-21(18-16-20)29(35(33,34)22-11-6-5-7-12-22)25(30)19(2)28-26(31)23-13-8-9-14-24(23)27(28)32/h5-9,11-19H,3-4,10H2,1-2H3. The number of imide groups is 1. The zero-order valence-corrected chi connectivity index (χ0v) is 20.4. The molecule has 1 unspecified atom stereocenters. The summed E-state index contributed by atoms with van der Waals surface area (Å²) in [5.41, 5.74) is 1.54. The smallest absolute Gasteiger partial charge is 0.270 e. The number of carbonyl (C=O) groups is 3. The molecule has 0 radical (unpaired) electrons. The summed E-state index contributed by atoms with van der Waals surface area (Å²) in [6.45, 7) is 3.45. The highest BCUT2D eigenvalue weighted by molar-refractivity contribution is 7.93. The highest BCUT2D eigenvalue weighted by Gasteiger charge is 2.44. The van der Waals surface area contributed by atoms with Crippen molar-refractivity contribution in [2.45, 2.75) is 44.0 Å². The molecule has 3 aromatic rings. The van der Waals surface area contributed by atoms with Crippen LogP contribution in [0.5, 0.6) is 0 Å². The van der Waals surface area contributed by atoms with Gasteiger partial charge >= 0.3 is 0 Å². The summed E-state index contributed by atoms with van der Waals surface area (Å²) in [6.07, 6.45) is 2.84. The minimum atomic E-state index is -4.33. The number of amides is 3. The molecule has 180 valence electrons. The van der Waals surface area contributed by atoms with E-state index in [1.54, 1.807) is 54.6 Å². The lowest BCUT2D eigenvalue weighted by atomic mass is 10.1. The summed E-state index contributed by atoms with van der Waals surface area (Å²) in [5, 5.41) is 0. The van der Waals surface area contributed by atoms with Crippen molar-refractivity contribution in [3.05, 3.63) is 95.6 Å². The molecular weight excluding hydrogens is 464 g/mol. The Morgan fingerprint density at radius 1 is 0.857 bits per heavy atom. The molecular formula is C27H26N2O5S. The molecule has 0 N–H and O–H groups in total. The Bertz CT molecular complexity index is 1330. The second-order valence-corrected chi connectivity index (χ2v) is 10.2. The van der Waals surface area contributed by atoms with Gasteiger partial charge in [-0.05, 0) is 61.7 Å². The van der Waals surface area contributed by atoms with Gasteiger partial charge in [0, 0.05) is 0 Å². The van der Waals surface area contributed by atoms with Gasteiger partial charge in [0.2, 0.25) is 0 Å². The number of aryl methyl sites for hydroxylation is 1. The third kappa shape index (κ3) is 4.49. The number of carbonyl (C=O) groups excluding carboxylic acids is 3. The van der Waals surface area contributed by atoms with E-state index in [2.05, 4.69) is 6.92 Å². The van der Waals surface area contributed by atoms with Gasteiger partial charge in [0.25, 0.3) is 27.7 Å². The van der Waals surface area contributed by atoms with Crippen molar-refractivity contribution in [1.29, 1.82) is 0 Å². The molecule has 3 aromatic carbocycles.